The highest BCUT2D eigenvalue weighted by Crippen LogP contribution is 2.27. The number of para-hydroxylation sites is 1. The second kappa shape index (κ2) is 7.60. The van der Waals surface area contributed by atoms with Gasteiger partial charge in [-0.25, -0.2) is 0 Å². The van der Waals surface area contributed by atoms with Crippen molar-refractivity contribution in [2.45, 2.75) is 19.6 Å². The van der Waals surface area contributed by atoms with E-state index >= 15 is 0 Å². The lowest BCUT2D eigenvalue weighted by molar-refractivity contribution is -0.0430. The van der Waals surface area contributed by atoms with Gasteiger partial charge in [-0.1, -0.05) is 18.2 Å². The first-order valence-corrected chi connectivity index (χ1v) is 9.10. The van der Waals surface area contributed by atoms with Crippen molar-refractivity contribution < 1.29 is 13.9 Å². The topological polar surface area (TPSA) is 38.1 Å². The molecule has 1 aromatic heterocycles. The van der Waals surface area contributed by atoms with Crippen molar-refractivity contribution in [3.05, 3.63) is 53.5 Å². The summed E-state index contributed by atoms with van der Waals surface area (Å²) in [5.74, 6) is 1.87. The van der Waals surface area contributed by atoms with Crippen LogP contribution in [-0.4, -0.2) is 50.9 Å². The van der Waals surface area contributed by atoms with Gasteiger partial charge in [0, 0.05) is 38.4 Å². The van der Waals surface area contributed by atoms with Crippen LogP contribution >= 0.6 is 0 Å². The molecule has 134 valence electrons. The maximum Gasteiger partial charge on any atom is 0.134 e. The maximum absolute atomic E-state index is 5.93. The maximum atomic E-state index is 5.93. The molecular formula is C20H26N2O3. The summed E-state index contributed by atoms with van der Waals surface area (Å²) in [6.07, 6.45) is 0.0259. The van der Waals surface area contributed by atoms with Crippen LogP contribution in [0.2, 0.25) is 0 Å². The van der Waals surface area contributed by atoms with Crippen molar-refractivity contribution in [2.24, 2.45) is 0 Å². The van der Waals surface area contributed by atoms with Crippen molar-refractivity contribution in [3.8, 4) is 0 Å². The third-order valence-electron chi connectivity index (χ3n) is 4.97. The van der Waals surface area contributed by atoms with Gasteiger partial charge >= 0.3 is 0 Å². The van der Waals surface area contributed by atoms with Gasteiger partial charge in [0.25, 0.3) is 0 Å². The van der Waals surface area contributed by atoms with Crippen molar-refractivity contribution in [3.63, 3.8) is 0 Å². The average molecular weight is 342 g/mol. The minimum Gasteiger partial charge on any atom is -0.464 e. The fraction of sp³-hybridized carbons (Fsp3) is 0.500. The molecule has 4 rings (SSSR count). The molecule has 0 radical (unpaired) electrons. The average Bonchev–Trinajstić information content (AvgIpc) is 3.10. The molecule has 2 fully saturated rings. The number of hydrogen-bond acceptors (Lipinski definition) is 5. The lowest BCUT2D eigenvalue weighted by Crippen LogP contribution is -2.39. The number of furan rings is 1. The quantitative estimate of drug-likeness (QED) is 0.854. The summed E-state index contributed by atoms with van der Waals surface area (Å²) < 4.78 is 17.2. The van der Waals surface area contributed by atoms with Gasteiger partial charge in [0.1, 0.15) is 17.6 Å². The molecule has 0 aliphatic carbocycles. The van der Waals surface area contributed by atoms with Crippen LogP contribution in [0.15, 0.2) is 40.8 Å². The number of morpholine rings is 2. The Labute approximate surface area is 149 Å². The van der Waals surface area contributed by atoms with E-state index in [-0.39, 0.29) is 6.10 Å². The zero-order valence-electron chi connectivity index (χ0n) is 14.8. The first-order valence-electron chi connectivity index (χ1n) is 9.10. The molecule has 0 saturated carbocycles. The van der Waals surface area contributed by atoms with Gasteiger partial charge in [0.15, 0.2) is 0 Å². The van der Waals surface area contributed by atoms with Crippen LogP contribution in [0.1, 0.15) is 23.2 Å². The molecule has 0 N–H and O–H groups in total. The number of ether oxygens (including phenoxy) is 2. The van der Waals surface area contributed by atoms with Crippen LogP contribution in [0, 0.1) is 6.92 Å². The summed E-state index contributed by atoms with van der Waals surface area (Å²) in [7, 11) is 0. The molecule has 2 aliphatic heterocycles. The van der Waals surface area contributed by atoms with Crippen molar-refractivity contribution >= 4 is 5.69 Å². The van der Waals surface area contributed by atoms with Crippen LogP contribution in [0.5, 0.6) is 0 Å². The molecule has 2 saturated heterocycles. The lowest BCUT2D eigenvalue weighted by atomic mass is 10.1. The van der Waals surface area contributed by atoms with Gasteiger partial charge in [-0.2, -0.15) is 0 Å². The summed E-state index contributed by atoms with van der Waals surface area (Å²) >= 11 is 0. The summed E-state index contributed by atoms with van der Waals surface area (Å²) in [6, 6.07) is 12.8. The van der Waals surface area contributed by atoms with E-state index in [9.17, 15) is 0 Å². The number of nitrogens with zero attached hydrogens (tertiary/aromatic N) is 2. The predicted octanol–water partition coefficient (Wildman–Crippen LogP) is 3.00. The zero-order valence-corrected chi connectivity index (χ0v) is 14.8. The van der Waals surface area contributed by atoms with E-state index in [1.54, 1.807) is 0 Å². The van der Waals surface area contributed by atoms with Crippen LogP contribution in [0.4, 0.5) is 5.69 Å². The molecule has 0 bridgehead atoms. The summed E-state index contributed by atoms with van der Waals surface area (Å²) in [5, 5.41) is 0. The first kappa shape index (κ1) is 16.6. The molecule has 25 heavy (non-hydrogen) atoms. The molecule has 5 nitrogen and oxygen atoms in total. The molecule has 1 aromatic carbocycles. The first-order chi connectivity index (χ1) is 12.3. The summed E-state index contributed by atoms with van der Waals surface area (Å²) in [4.78, 5) is 4.90. The van der Waals surface area contributed by atoms with E-state index in [4.69, 9.17) is 13.9 Å². The molecule has 0 spiro atoms. The van der Waals surface area contributed by atoms with E-state index in [1.165, 1.54) is 11.3 Å². The van der Waals surface area contributed by atoms with E-state index in [1.807, 2.05) is 19.1 Å². The van der Waals surface area contributed by atoms with Gasteiger partial charge in [0.05, 0.1) is 19.8 Å². The Morgan fingerprint density at radius 2 is 1.84 bits per heavy atom. The highest BCUT2D eigenvalue weighted by atomic mass is 16.5. The third-order valence-corrected chi connectivity index (χ3v) is 4.97. The summed E-state index contributed by atoms with van der Waals surface area (Å²) in [5.41, 5.74) is 2.71. The second-order valence-electron chi connectivity index (χ2n) is 6.77. The molecule has 0 unspecified atom stereocenters. The monoisotopic (exact) mass is 342 g/mol. The Morgan fingerprint density at radius 1 is 1.00 bits per heavy atom. The molecule has 3 heterocycles. The highest BCUT2D eigenvalue weighted by Gasteiger charge is 2.25. The largest absolute Gasteiger partial charge is 0.464 e. The minimum absolute atomic E-state index is 0.0259. The number of aryl methyl sites for hydroxylation is 1. The van der Waals surface area contributed by atoms with Crippen LogP contribution in [0.25, 0.3) is 0 Å². The van der Waals surface area contributed by atoms with E-state index in [0.29, 0.717) is 0 Å². The van der Waals surface area contributed by atoms with Crippen molar-refractivity contribution in [2.75, 3.05) is 50.9 Å². The van der Waals surface area contributed by atoms with Crippen LogP contribution in [-0.2, 0) is 16.0 Å². The third kappa shape index (κ3) is 3.89. The fourth-order valence-electron chi connectivity index (χ4n) is 3.64. The second-order valence-corrected chi connectivity index (χ2v) is 6.77. The van der Waals surface area contributed by atoms with E-state index < -0.39 is 0 Å². The molecule has 2 aliphatic rings. The number of benzene rings is 1. The van der Waals surface area contributed by atoms with Gasteiger partial charge in [-0.15, -0.1) is 0 Å². The van der Waals surface area contributed by atoms with E-state index in [0.717, 1.165) is 64.1 Å². The van der Waals surface area contributed by atoms with Gasteiger partial charge in [-0.3, -0.25) is 4.90 Å². The Bertz CT molecular complexity index is 694. The van der Waals surface area contributed by atoms with Crippen LogP contribution < -0.4 is 4.90 Å². The number of hydrogen-bond donors (Lipinski definition) is 0. The van der Waals surface area contributed by atoms with Gasteiger partial charge < -0.3 is 18.8 Å². The Kier molecular flexibility index (Phi) is 5.06. The predicted molar refractivity (Wildman–Crippen MR) is 96.9 cm³/mol. The van der Waals surface area contributed by atoms with Crippen LogP contribution in [0.3, 0.4) is 0 Å². The Hall–Kier alpha value is -1.82. The molecular weight excluding hydrogens is 316 g/mol. The fourth-order valence-corrected chi connectivity index (χ4v) is 3.64. The van der Waals surface area contributed by atoms with Crippen molar-refractivity contribution in [1.82, 2.24) is 4.90 Å². The van der Waals surface area contributed by atoms with E-state index in [2.05, 4.69) is 34.1 Å². The van der Waals surface area contributed by atoms with Gasteiger partial charge in [0.2, 0.25) is 0 Å². The Morgan fingerprint density at radius 3 is 2.64 bits per heavy atom. The SMILES string of the molecule is Cc1ccc([C@@H]2CN(Cc3ccccc3N3CCOCC3)CCO2)o1. The Balaban J connectivity index is 1.46. The standard InChI is InChI=1S/C20H26N2O3/c1-16-6-7-19(25-16)20-15-21(8-13-24-20)14-17-4-2-3-5-18(17)22-9-11-23-12-10-22/h2-7,20H,8-15H2,1H3/t20-/m0/s1. The number of anilines is 1. The molecule has 2 aromatic rings. The molecule has 0 amide bonds. The molecule has 5 heteroatoms. The smallest absolute Gasteiger partial charge is 0.134 e. The number of rotatable bonds is 4. The normalized spacial score (nSPS) is 22.3. The lowest BCUT2D eigenvalue weighted by Gasteiger charge is -2.34. The minimum atomic E-state index is 0.0259. The zero-order chi connectivity index (χ0) is 17.1. The van der Waals surface area contributed by atoms with Crippen molar-refractivity contribution in [1.29, 1.82) is 0 Å². The highest BCUT2D eigenvalue weighted by molar-refractivity contribution is 5.54. The molecule has 1 atom stereocenters. The van der Waals surface area contributed by atoms with Gasteiger partial charge in [-0.05, 0) is 30.7 Å². The summed E-state index contributed by atoms with van der Waals surface area (Å²) in [6.45, 7) is 9.03.